The van der Waals surface area contributed by atoms with Gasteiger partial charge in [0.25, 0.3) is 0 Å². The Morgan fingerprint density at radius 1 is 1.47 bits per heavy atom. The first-order valence-corrected chi connectivity index (χ1v) is 4.94. The molecule has 0 spiro atoms. The zero-order chi connectivity index (χ0) is 12.4. The third-order valence-electron chi connectivity index (χ3n) is 2.28. The van der Waals surface area contributed by atoms with Crippen LogP contribution in [0.4, 0.5) is 4.39 Å². The van der Waals surface area contributed by atoms with Crippen LogP contribution in [0.5, 0.6) is 0 Å². The standard InChI is InChI=1S/C11H10FN3O2/c1-7-10(11(16)17)14-15(13-7)9-4-2-3-8(5-9)6-12/h2-5H,6H2,1H3,(H,16,17). The van der Waals surface area contributed by atoms with E-state index in [9.17, 15) is 9.18 Å². The van der Waals surface area contributed by atoms with Gasteiger partial charge in [-0.2, -0.15) is 9.90 Å². The molecule has 0 unspecified atom stereocenters. The number of aromatic nitrogens is 3. The van der Waals surface area contributed by atoms with Crippen molar-refractivity contribution in [2.75, 3.05) is 0 Å². The van der Waals surface area contributed by atoms with Crippen LogP contribution in [0.15, 0.2) is 24.3 Å². The van der Waals surface area contributed by atoms with Gasteiger partial charge < -0.3 is 5.11 Å². The Bertz CT molecular complexity index is 566. The topological polar surface area (TPSA) is 68.0 Å². The average Bonchev–Trinajstić information content (AvgIpc) is 2.71. The summed E-state index contributed by atoms with van der Waals surface area (Å²) in [6.45, 7) is 0.978. The fourth-order valence-electron chi connectivity index (χ4n) is 1.46. The highest BCUT2D eigenvalue weighted by atomic mass is 19.1. The Morgan fingerprint density at radius 3 is 2.82 bits per heavy atom. The molecule has 2 aromatic rings. The van der Waals surface area contributed by atoms with Crippen LogP contribution in [0.2, 0.25) is 0 Å². The lowest BCUT2D eigenvalue weighted by molar-refractivity contribution is 0.0689. The molecule has 0 fully saturated rings. The normalized spacial score (nSPS) is 10.5. The number of carbonyl (C=O) groups is 1. The van der Waals surface area contributed by atoms with E-state index < -0.39 is 12.6 Å². The quantitative estimate of drug-likeness (QED) is 0.879. The molecule has 0 amide bonds. The zero-order valence-corrected chi connectivity index (χ0v) is 9.09. The molecule has 88 valence electrons. The fourth-order valence-corrected chi connectivity index (χ4v) is 1.46. The largest absolute Gasteiger partial charge is 0.476 e. The van der Waals surface area contributed by atoms with Gasteiger partial charge in [0, 0.05) is 0 Å². The summed E-state index contributed by atoms with van der Waals surface area (Å²) in [7, 11) is 0. The Kier molecular flexibility index (Phi) is 2.86. The first-order valence-electron chi connectivity index (χ1n) is 4.94. The van der Waals surface area contributed by atoms with Gasteiger partial charge in [0.2, 0.25) is 0 Å². The predicted octanol–water partition coefficient (Wildman–Crippen LogP) is 1.74. The summed E-state index contributed by atoms with van der Waals surface area (Å²) in [5.41, 5.74) is 1.25. The van der Waals surface area contributed by atoms with Gasteiger partial charge in [-0.25, -0.2) is 9.18 Å². The van der Waals surface area contributed by atoms with E-state index in [4.69, 9.17) is 5.11 Å². The first kappa shape index (κ1) is 11.3. The number of nitrogens with zero attached hydrogens (tertiary/aromatic N) is 3. The highest BCUT2D eigenvalue weighted by Crippen LogP contribution is 2.11. The number of rotatable bonds is 3. The van der Waals surface area contributed by atoms with E-state index in [0.717, 1.165) is 0 Å². The lowest BCUT2D eigenvalue weighted by Crippen LogP contribution is -2.02. The van der Waals surface area contributed by atoms with Crippen molar-refractivity contribution in [1.82, 2.24) is 15.0 Å². The number of benzene rings is 1. The van der Waals surface area contributed by atoms with Gasteiger partial charge in [-0.05, 0) is 24.6 Å². The minimum Gasteiger partial charge on any atom is -0.476 e. The van der Waals surface area contributed by atoms with Crippen molar-refractivity contribution in [1.29, 1.82) is 0 Å². The maximum absolute atomic E-state index is 12.5. The second-order valence-electron chi connectivity index (χ2n) is 3.53. The molecule has 0 saturated carbocycles. The molecule has 2 rings (SSSR count). The van der Waals surface area contributed by atoms with Gasteiger partial charge in [-0.15, -0.1) is 5.10 Å². The smallest absolute Gasteiger partial charge is 0.358 e. The summed E-state index contributed by atoms with van der Waals surface area (Å²) in [6, 6.07) is 6.57. The van der Waals surface area contributed by atoms with Crippen molar-refractivity contribution < 1.29 is 14.3 Å². The summed E-state index contributed by atoms with van der Waals surface area (Å²) >= 11 is 0. The van der Waals surface area contributed by atoms with E-state index in [0.29, 0.717) is 16.9 Å². The Hall–Kier alpha value is -2.24. The number of carboxylic acids is 1. The van der Waals surface area contributed by atoms with E-state index in [1.54, 1.807) is 31.2 Å². The summed E-state index contributed by atoms with van der Waals surface area (Å²) in [5.74, 6) is -1.13. The lowest BCUT2D eigenvalue weighted by Gasteiger charge is -2.00. The molecule has 1 aromatic carbocycles. The minimum atomic E-state index is -1.13. The number of hydrogen-bond acceptors (Lipinski definition) is 3. The molecule has 1 N–H and O–H groups in total. The molecular weight excluding hydrogens is 225 g/mol. The average molecular weight is 235 g/mol. The van der Waals surface area contributed by atoms with Crippen LogP contribution < -0.4 is 0 Å². The van der Waals surface area contributed by atoms with E-state index in [2.05, 4.69) is 10.2 Å². The summed E-state index contributed by atoms with van der Waals surface area (Å²) in [6.07, 6.45) is 0. The van der Waals surface area contributed by atoms with Crippen molar-refractivity contribution in [3.05, 3.63) is 41.2 Å². The number of halogens is 1. The molecule has 0 aliphatic carbocycles. The molecule has 1 aromatic heterocycles. The van der Waals surface area contributed by atoms with Gasteiger partial charge in [0.1, 0.15) is 6.67 Å². The van der Waals surface area contributed by atoms with Crippen LogP contribution in [0.1, 0.15) is 21.7 Å². The molecule has 0 saturated heterocycles. The van der Waals surface area contributed by atoms with Gasteiger partial charge in [-0.3, -0.25) is 0 Å². The molecule has 0 radical (unpaired) electrons. The number of carboxylic acid groups (broad SMARTS) is 1. The zero-order valence-electron chi connectivity index (χ0n) is 9.09. The number of aromatic carboxylic acids is 1. The van der Waals surface area contributed by atoms with E-state index in [1.807, 2.05) is 0 Å². The predicted molar refractivity (Wildman–Crippen MR) is 57.9 cm³/mol. The van der Waals surface area contributed by atoms with Crippen LogP contribution in [0.25, 0.3) is 5.69 Å². The first-order chi connectivity index (χ1) is 8.11. The van der Waals surface area contributed by atoms with Gasteiger partial charge in [0.05, 0.1) is 11.4 Å². The molecule has 0 aliphatic rings. The van der Waals surface area contributed by atoms with Crippen molar-refractivity contribution >= 4 is 5.97 Å². The van der Waals surface area contributed by atoms with Gasteiger partial charge in [0.15, 0.2) is 5.69 Å². The SMILES string of the molecule is Cc1nn(-c2cccc(CF)c2)nc1C(=O)O. The Balaban J connectivity index is 2.46. The Labute approximate surface area is 96.5 Å². The Morgan fingerprint density at radius 2 is 2.24 bits per heavy atom. The number of alkyl halides is 1. The molecule has 6 heteroatoms. The second kappa shape index (κ2) is 4.32. The van der Waals surface area contributed by atoms with Crippen molar-refractivity contribution in [3.63, 3.8) is 0 Å². The molecule has 5 nitrogen and oxygen atoms in total. The number of hydrogen-bond donors (Lipinski definition) is 1. The van der Waals surface area contributed by atoms with Crippen molar-refractivity contribution in [3.8, 4) is 5.69 Å². The monoisotopic (exact) mass is 235 g/mol. The summed E-state index contributed by atoms with van der Waals surface area (Å²) in [5, 5.41) is 16.7. The summed E-state index contributed by atoms with van der Waals surface area (Å²) in [4.78, 5) is 12.0. The summed E-state index contributed by atoms with van der Waals surface area (Å²) < 4.78 is 12.5. The van der Waals surface area contributed by atoms with Gasteiger partial charge in [-0.1, -0.05) is 12.1 Å². The molecule has 1 heterocycles. The van der Waals surface area contributed by atoms with Crippen LogP contribution in [-0.4, -0.2) is 26.1 Å². The third kappa shape index (κ3) is 2.15. The van der Waals surface area contributed by atoms with E-state index in [1.165, 1.54) is 4.80 Å². The van der Waals surface area contributed by atoms with Crippen molar-refractivity contribution in [2.45, 2.75) is 13.6 Å². The maximum atomic E-state index is 12.5. The fraction of sp³-hybridized carbons (Fsp3) is 0.182. The molecule has 17 heavy (non-hydrogen) atoms. The van der Waals surface area contributed by atoms with Gasteiger partial charge >= 0.3 is 5.97 Å². The number of aryl methyl sites for hydroxylation is 1. The van der Waals surface area contributed by atoms with Crippen LogP contribution in [0.3, 0.4) is 0 Å². The maximum Gasteiger partial charge on any atom is 0.358 e. The van der Waals surface area contributed by atoms with Crippen LogP contribution in [0, 0.1) is 6.92 Å². The molecule has 0 atom stereocenters. The second-order valence-corrected chi connectivity index (χ2v) is 3.53. The third-order valence-corrected chi connectivity index (χ3v) is 2.28. The molecule has 0 bridgehead atoms. The highest BCUT2D eigenvalue weighted by Gasteiger charge is 2.14. The molecular formula is C11H10FN3O2. The van der Waals surface area contributed by atoms with E-state index in [-0.39, 0.29) is 5.69 Å². The minimum absolute atomic E-state index is 0.101. The van der Waals surface area contributed by atoms with Crippen LogP contribution >= 0.6 is 0 Å². The lowest BCUT2D eigenvalue weighted by atomic mass is 10.2. The molecule has 0 aliphatic heterocycles. The van der Waals surface area contributed by atoms with Crippen molar-refractivity contribution in [2.24, 2.45) is 0 Å². The van der Waals surface area contributed by atoms with Crippen LogP contribution in [-0.2, 0) is 6.67 Å². The highest BCUT2D eigenvalue weighted by molar-refractivity contribution is 5.86. The van der Waals surface area contributed by atoms with E-state index >= 15 is 0 Å².